The van der Waals surface area contributed by atoms with Crippen LogP contribution < -0.4 is 9.08 Å². The molecule has 2 aromatic rings. The number of anilines is 1. The molecule has 3 rings (SSSR count). The average molecular weight is 380 g/mol. The van der Waals surface area contributed by atoms with Gasteiger partial charge < -0.3 is 13.8 Å². The van der Waals surface area contributed by atoms with Crippen LogP contribution in [0.25, 0.3) is 11.0 Å². The van der Waals surface area contributed by atoms with Gasteiger partial charge in [0.25, 0.3) is 0 Å². The van der Waals surface area contributed by atoms with E-state index in [1.54, 1.807) is 0 Å². The third-order valence-electron chi connectivity index (χ3n) is 3.79. The van der Waals surface area contributed by atoms with Crippen LogP contribution in [0.5, 0.6) is 5.75 Å². The van der Waals surface area contributed by atoms with Gasteiger partial charge in [-0.3, -0.25) is 4.68 Å². The van der Waals surface area contributed by atoms with Gasteiger partial charge >= 0.3 is 15.6 Å². The number of pyridine rings is 1. The Balaban J connectivity index is 2.11. The molecule has 0 unspecified atom stereocenters. The molecule has 0 saturated carbocycles. The van der Waals surface area contributed by atoms with Gasteiger partial charge in [-0.25, -0.2) is 4.98 Å². The predicted molar refractivity (Wildman–Crippen MR) is 81.7 cm³/mol. The first-order valence-corrected chi connectivity index (χ1v) is 8.69. The van der Waals surface area contributed by atoms with Crippen molar-refractivity contribution in [3.8, 4) is 5.75 Å². The Kier molecular flexibility index (Phi) is 4.27. The largest absolute Gasteiger partial charge is 0.534 e. The highest BCUT2D eigenvalue weighted by atomic mass is 32.2. The highest BCUT2D eigenvalue weighted by Gasteiger charge is 2.49. The topological polar surface area (TPSA) is 86.5 Å². The van der Waals surface area contributed by atoms with E-state index >= 15 is 0 Å². The van der Waals surface area contributed by atoms with Crippen molar-refractivity contribution >= 4 is 27.0 Å². The number of rotatable bonds is 3. The van der Waals surface area contributed by atoms with Crippen LogP contribution in [0.4, 0.5) is 19.0 Å². The van der Waals surface area contributed by atoms with Crippen molar-refractivity contribution in [2.45, 2.75) is 18.5 Å². The smallest absolute Gasteiger partial charge is 0.377 e. The maximum absolute atomic E-state index is 12.7. The van der Waals surface area contributed by atoms with E-state index in [2.05, 4.69) is 14.3 Å². The molecule has 25 heavy (non-hydrogen) atoms. The van der Waals surface area contributed by atoms with E-state index < -0.39 is 21.4 Å². The van der Waals surface area contributed by atoms with Crippen molar-refractivity contribution in [2.75, 3.05) is 24.7 Å². The lowest BCUT2D eigenvalue weighted by Gasteiger charge is -2.34. The molecule has 2 aromatic heterocycles. The zero-order chi connectivity index (χ0) is 18.4. The van der Waals surface area contributed by atoms with Gasteiger partial charge in [0.2, 0.25) is 0 Å². The van der Waals surface area contributed by atoms with E-state index in [1.807, 2.05) is 11.8 Å². The monoisotopic (exact) mass is 380 g/mol. The zero-order valence-electron chi connectivity index (χ0n) is 13.3. The Morgan fingerprint density at radius 3 is 2.76 bits per heavy atom. The average Bonchev–Trinajstić information content (AvgIpc) is 2.88. The molecule has 1 aliphatic heterocycles. The van der Waals surface area contributed by atoms with Crippen LogP contribution in [0.15, 0.2) is 12.3 Å². The SMILES string of the molecule is C[C@@H]1COCCN1c1cc(OS(=O)(=O)C(F)(F)F)c2c(cnn2C)n1. The van der Waals surface area contributed by atoms with Gasteiger partial charge in [-0.1, -0.05) is 0 Å². The number of alkyl halides is 3. The Bertz CT molecular complexity index is 897. The Morgan fingerprint density at radius 1 is 1.40 bits per heavy atom. The highest BCUT2D eigenvalue weighted by molar-refractivity contribution is 7.88. The molecular weight excluding hydrogens is 365 g/mol. The number of nitrogens with zero attached hydrogens (tertiary/aromatic N) is 4. The van der Waals surface area contributed by atoms with Gasteiger partial charge in [-0.05, 0) is 6.92 Å². The molecule has 0 radical (unpaired) electrons. The van der Waals surface area contributed by atoms with Crippen LogP contribution in [0, 0.1) is 0 Å². The van der Waals surface area contributed by atoms with Gasteiger partial charge in [0.05, 0.1) is 25.5 Å². The normalized spacial score (nSPS) is 19.4. The van der Waals surface area contributed by atoms with Crippen molar-refractivity contribution in [1.82, 2.24) is 14.8 Å². The van der Waals surface area contributed by atoms with Crippen LogP contribution in [-0.2, 0) is 21.9 Å². The van der Waals surface area contributed by atoms with E-state index in [9.17, 15) is 21.6 Å². The summed E-state index contributed by atoms with van der Waals surface area (Å²) in [7, 11) is -4.36. The quantitative estimate of drug-likeness (QED) is 0.588. The van der Waals surface area contributed by atoms with Crippen molar-refractivity contribution in [2.24, 2.45) is 7.05 Å². The standard InChI is InChI=1S/C13H15F3N4O4S/c1-8-7-23-4-3-20(8)11-5-10(24-25(21,22)13(14,15)16)12-9(18-11)6-17-19(12)2/h5-6,8H,3-4,7H2,1-2H3/t8-/m1/s1. The number of hydrogen-bond donors (Lipinski definition) is 0. The summed E-state index contributed by atoms with van der Waals surface area (Å²) in [5.41, 5.74) is -5.25. The summed E-state index contributed by atoms with van der Waals surface area (Å²) in [6.07, 6.45) is 1.33. The number of morpholine rings is 1. The fourth-order valence-electron chi connectivity index (χ4n) is 2.58. The van der Waals surface area contributed by atoms with Crippen LogP contribution in [0.2, 0.25) is 0 Å². The summed E-state index contributed by atoms with van der Waals surface area (Å²) in [5, 5.41) is 3.91. The maximum Gasteiger partial charge on any atom is 0.534 e. The summed E-state index contributed by atoms with van der Waals surface area (Å²) in [6, 6.07) is 1.09. The molecule has 0 N–H and O–H groups in total. The number of ether oxygens (including phenoxy) is 1. The van der Waals surface area contributed by atoms with Crippen LogP contribution in [0.1, 0.15) is 6.92 Å². The summed E-state index contributed by atoms with van der Waals surface area (Å²) in [6.45, 7) is 3.17. The van der Waals surface area contributed by atoms with E-state index in [0.717, 1.165) is 0 Å². The van der Waals surface area contributed by atoms with E-state index in [0.29, 0.717) is 25.6 Å². The van der Waals surface area contributed by atoms with Gasteiger partial charge in [-0.15, -0.1) is 0 Å². The Morgan fingerprint density at radius 2 is 2.12 bits per heavy atom. The molecule has 1 fully saturated rings. The van der Waals surface area contributed by atoms with Gasteiger partial charge in [0.15, 0.2) is 5.75 Å². The second kappa shape index (κ2) is 6.02. The molecule has 0 aromatic carbocycles. The number of aryl methyl sites for hydroxylation is 1. The lowest BCUT2D eigenvalue weighted by atomic mass is 10.2. The van der Waals surface area contributed by atoms with Crippen LogP contribution in [-0.4, -0.2) is 54.5 Å². The molecule has 1 atom stereocenters. The molecular formula is C13H15F3N4O4S. The number of hydrogen-bond acceptors (Lipinski definition) is 7. The predicted octanol–water partition coefficient (Wildman–Crippen LogP) is 1.42. The molecule has 1 aliphatic rings. The Hall–Kier alpha value is -2.08. The molecule has 3 heterocycles. The first-order valence-electron chi connectivity index (χ1n) is 7.28. The highest BCUT2D eigenvalue weighted by Crippen LogP contribution is 2.34. The molecule has 0 bridgehead atoms. The number of aromatic nitrogens is 3. The van der Waals surface area contributed by atoms with Crippen molar-refractivity contribution in [1.29, 1.82) is 0 Å². The minimum Gasteiger partial charge on any atom is -0.377 e. The van der Waals surface area contributed by atoms with E-state index in [-0.39, 0.29) is 17.1 Å². The number of fused-ring (bicyclic) bond motifs is 1. The first-order chi connectivity index (χ1) is 11.6. The maximum atomic E-state index is 12.7. The molecule has 12 heteroatoms. The third-order valence-corrected chi connectivity index (χ3v) is 4.76. The fourth-order valence-corrected chi connectivity index (χ4v) is 3.04. The van der Waals surface area contributed by atoms with Gasteiger partial charge in [0.1, 0.15) is 16.9 Å². The molecule has 0 aliphatic carbocycles. The summed E-state index contributed by atoms with van der Waals surface area (Å²) in [4.78, 5) is 6.16. The van der Waals surface area contributed by atoms with Crippen molar-refractivity contribution in [3.63, 3.8) is 0 Å². The lowest BCUT2D eigenvalue weighted by molar-refractivity contribution is -0.0499. The minimum absolute atomic E-state index is 0.0532. The third kappa shape index (κ3) is 3.23. The number of halogens is 3. The fraction of sp³-hybridized carbons (Fsp3) is 0.538. The molecule has 0 spiro atoms. The molecule has 8 nitrogen and oxygen atoms in total. The molecule has 0 amide bonds. The van der Waals surface area contributed by atoms with Crippen molar-refractivity contribution < 1.29 is 30.5 Å². The van der Waals surface area contributed by atoms with Crippen LogP contribution in [0.3, 0.4) is 0 Å². The second-order valence-electron chi connectivity index (χ2n) is 5.58. The molecule has 1 saturated heterocycles. The Labute approximate surface area is 141 Å². The minimum atomic E-state index is -5.81. The zero-order valence-corrected chi connectivity index (χ0v) is 14.1. The van der Waals surface area contributed by atoms with Gasteiger partial charge in [-0.2, -0.15) is 26.7 Å². The summed E-state index contributed by atoms with van der Waals surface area (Å²) < 4.78 is 71.8. The van der Waals surface area contributed by atoms with Crippen molar-refractivity contribution in [3.05, 3.63) is 12.3 Å². The lowest BCUT2D eigenvalue weighted by Crippen LogP contribution is -2.44. The van der Waals surface area contributed by atoms with Crippen LogP contribution >= 0.6 is 0 Å². The molecule has 138 valence electrons. The summed E-state index contributed by atoms with van der Waals surface area (Å²) in [5.74, 6) is -0.181. The van der Waals surface area contributed by atoms with E-state index in [1.165, 1.54) is 24.0 Å². The summed E-state index contributed by atoms with van der Waals surface area (Å²) >= 11 is 0. The second-order valence-corrected chi connectivity index (χ2v) is 7.12. The van der Waals surface area contributed by atoms with E-state index in [4.69, 9.17) is 4.74 Å². The first kappa shape index (κ1) is 17.7. The van der Waals surface area contributed by atoms with Gasteiger partial charge in [0, 0.05) is 19.7 Å².